The molecule has 0 radical (unpaired) electrons. The van der Waals surface area contributed by atoms with Crippen molar-refractivity contribution in [3.63, 3.8) is 0 Å². The first-order chi connectivity index (χ1) is 16.2. The molecule has 6 rings (SSSR count). The molecule has 166 valence electrons. The maximum atomic E-state index is 11.8. The van der Waals surface area contributed by atoms with Crippen molar-refractivity contribution in [3.8, 4) is 11.3 Å². The van der Waals surface area contributed by atoms with E-state index in [9.17, 15) is 4.79 Å². The maximum Gasteiger partial charge on any atom is 0.228 e. The third-order valence-corrected chi connectivity index (χ3v) is 6.29. The van der Waals surface area contributed by atoms with Crippen molar-refractivity contribution < 1.29 is 9.53 Å². The van der Waals surface area contributed by atoms with Gasteiger partial charge in [0.1, 0.15) is 0 Å². The van der Waals surface area contributed by atoms with Crippen LogP contribution in [0, 0.1) is 6.92 Å². The fourth-order valence-corrected chi connectivity index (χ4v) is 4.55. The Bertz CT molecular complexity index is 1360. The normalized spacial score (nSPS) is 15.5. The fourth-order valence-electron chi connectivity index (χ4n) is 4.55. The van der Waals surface area contributed by atoms with E-state index in [1.807, 2.05) is 35.7 Å². The van der Waals surface area contributed by atoms with E-state index in [4.69, 9.17) is 9.72 Å². The number of amides is 1. The predicted octanol–water partition coefficient (Wildman–Crippen LogP) is 3.78. The minimum Gasteiger partial charge on any atom is -0.378 e. The van der Waals surface area contributed by atoms with Gasteiger partial charge in [0.15, 0.2) is 11.5 Å². The SMILES string of the molecule is Cc1c(-c2ccc3c(c2)CC(=O)N3)nc(Nc2ccc(N3CCOCC3)cc2)c2nccn12. The van der Waals surface area contributed by atoms with Crippen LogP contribution in [0.15, 0.2) is 54.9 Å². The van der Waals surface area contributed by atoms with Crippen LogP contribution in [0.2, 0.25) is 0 Å². The highest BCUT2D eigenvalue weighted by Gasteiger charge is 2.20. The van der Waals surface area contributed by atoms with Gasteiger partial charge in [-0.05, 0) is 48.9 Å². The van der Waals surface area contributed by atoms with Gasteiger partial charge in [-0.2, -0.15) is 0 Å². The van der Waals surface area contributed by atoms with E-state index in [1.54, 1.807) is 6.20 Å². The van der Waals surface area contributed by atoms with Crippen LogP contribution in [-0.2, 0) is 16.0 Å². The van der Waals surface area contributed by atoms with Crippen molar-refractivity contribution >= 4 is 34.4 Å². The summed E-state index contributed by atoms with van der Waals surface area (Å²) in [5, 5.41) is 6.35. The van der Waals surface area contributed by atoms with E-state index in [-0.39, 0.29) is 5.91 Å². The zero-order valence-corrected chi connectivity index (χ0v) is 18.3. The molecule has 4 heterocycles. The molecule has 1 saturated heterocycles. The molecule has 2 N–H and O–H groups in total. The lowest BCUT2D eigenvalue weighted by Gasteiger charge is -2.28. The Morgan fingerprint density at radius 2 is 1.91 bits per heavy atom. The van der Waals surface area contributed by atoms with Crippen molar-refractivity contribution in [1.29, 1.82) is 0 Å². The highest BCUT2D eigenvalue weighted by molar-refractivity contribution is 5.99. The molecule has 0 aliphatic carbocycles. The summed E-state index contributed by atoms with van der Waals surface area (Å²) in [4.78, 5) is 23.6. The number of imidazole rings is 1. The Labute approximate surface area is 191 Å². The number of carbonyl (C=O) groups excluding carboxylic acids is 1. The smallest absolute Gasteiger partial charge is 0.228 e. The number of aryl methyl sites for hydroxylation is 1. The number of nitrogens with zero attached hydrogens (tertiary/aromatic N) is 4. The summed E-state index contributed by atoms with van der Waals surface area (Å²) in [5.41, 5.74) is 7.61. The minimum atomic E-state index is 0.0276. The topological polar surface area (TPSA) is 83.8 Å². The number of ether oxygens (including phenoxy) is 1. The van der Waals surface area contributed by atoms with Gasteiger partial charge in [-0.25, -0.2) is 9.97 Å². The van der Waals surface area contributed by atoms with Gasteiger partial charge in [-0.1, -0.05) is 6.07 Å². The first-order valence-corrected chi connectivity index (χ1v) is 11.1. The number of carbonyl (C=O) groups is 1. The first kappa shape index (κ1) is 19.8. The Kier molecular flexibility index (Phi) is 4.73. The van der Waals surface area contributed by atoms with Gasteiger partial charge >= 0.3 is 0 Å². The minimum absolute atomic E-state index is 0.0276. The predicted molar refractivity (Wildman–Crippen MR) is 128 cm³/mol. The Morgan fingerprint density at radius 1 is 1.09 bits per heavy atom. The number of rotatable bonds is 4. The summed E-state index contributed by atoms with van der Waals surface area (Å²) in [6.07, 6.45) is 4.13. The van der Waals surface area contributed by atoms with E-state index in [1.165, 1.54) is 5.69 Å². The van der Waals surface area contributed by atoms with Gasteiger partial charge < -0.3 is 20.3 Å². The lowest BCUT2D eigenvalue weighted by molar-refractivity contribution is -0.115. The molecule has 8 heteroatoms. The summed E-state index contributed by atoms with van der Waals surface area (Å²) in [6.45, 7) is 5.38. The highest BCUT2D eigenvalue weighted by Crippen LogP contribution is 2.32. The first-order valence-electron chi connectivity index (χ1n) is 11.1. The number of nitrogens with one attached hydrogen (secondary N) is 2. The van der Waals surface area contributed by atoms with Gasteiger partial charge in [-0.15, -0.1) is 0 Å². The standard InChI is InChI=1S/C25H24N6O2/c1-16-23(17-2-7-21-18(14-17)15-22(32)28-21)29-24(25-26-8-9-31(16)25)27-19-3-5-20(6-4-19)30-10-12-33-13-11-30/h2-9,14H,10-13,15H2,1H3,(H,27,29)(H,28,32). The number of aromatic nitrogens is 3. The molecule has 0 bridgehead atoms. The monoisotopic (exact) mass is 440 g/mol. The largest absolute Gasteiger partial charge is 0.378 e. The molecule has 2 aromatic carbocycles. The summed E-state index contributed by atoms with van der Waals surface area (Å²) < 4.78 is 7.50. The van der Waals surface area contributed by atoms with Crippen LogP contribution >= 0.6 is 0 Å². The molecule has 2 aliphatic heterocycles. The number of hydrogen-bond acceptors (Lipinski definition) is 6. The van der Waals surface area contributed by atoms with E-state index >= 15 is 0 Å². The van der Waals surface area contributed by atoms with E-state index in [2.05, 4.69) is 44.8 Å². The summed E-state index contributed by atoms with van der Waals surface area (Å²) >= 11 is 0. The summed E-state index contributed by atoms with van der Waals surface area (Å²) in [5.74, 6) is 0.717. The molecule has 0 unspecified atom stereocenters. The van der Waals surface area contributed by atoms with Gasteiger partial charge in [0.05, 0.1) is 25.3 Å². The van der Waals surface area contributed by atoms with Crippen LogP contribution in [0.4, 0.5) is 22.9 Å². The highest BCUT2D eigenvalue weighted by atomic mass is 16.5. The average molecular weight is 441 g/mol. The van der Waals surface area contributed by atoms with Crippen LogP contribution in [0.5, 0.6) is 0 Å². The fraction of sp³-hybridized carbons (Fsp3) is 0.240. The van der Waals surface area contributed by atoms with Crippen LogP contribution in [0.3, 0.4) is 0 Å². The number of hydrogen-bond donors (Lipinski definition) is 2. The lowest BCUT2D eigenvalue weighted by atomic mass is 10.0. The Morgan fingerprint density at radius 3 is 2.73 bits per heavy atom. The molecule has 0 atom stereocenters. The maximum absolute atomic E-state index is 11.8. The second kappa shape index (κ2) is 7.90. The third-order valence-electron chi connectivity index (χ3n) is 6.29. The molecule has 0 saturated carbocycles. The number of morpholine rings is 1. The van der Waals surface area contributed by atoms with Crippen LogP contribution in [-0.4, -0.2) is 46.6 Å². The van der Waals surface area contributed by atoms with Crippen molar-refractivity contribution in [1.82, 2.24) is 14.4 Å². The van der Waals surface area contributed by atoms with Crippen molar-refractivity contribution in [2.24, 2.45) is 0 Å². The zero-order valence-electron chi connectivity index (χ0n) is 18.3. The zero-order chi connectivity index (χ0) is 22.4. The number of fused-ring (bicyclic) bond motifs is 2. The summed E-state index contributed by atoms with van der Waals surface area (Å²) in [6, 6.07) is 14.4. The van der Waals surface area contributed by atoms with E-state index in [0.29, 0.717) is 12.2 Å². The molecule has 0 spiro atoms. The van der Waals surface area contributed by atoms with E-state index in [0.717, 1.165) is 65.8 Å². The molecular formula is C25H24N6O2. The van der Waals surface area contributed by atoms with Gasteiger partial charge in [0, 0.05) is 53.8 Å². The quantitative estimate of drug-likeness (QED) is 0.503. The van der Waals surface area contributed by atoms with Gasteiger partial charge in [0.2, 0.25) is 5.91 Å². The van der Waals surface area contributed by atoms with Gasteiger partial charge in [-0.3, -0.25) is 9.20 Å². The van der Waals surface area contributed by atoms with Crippen LogP contribution in [0.25, 0.3) is 16.9 Å². The average Bonchev–Trinajstić information content (AvgIpc) is 3.48. The molecule has 1 fully saturated rings. The van der Waals surface area contributed by atoms with Gasteiger partial charge in [0.25, 0.3) is 0 Å². The summed E-state index contributed by atoms with van der Waals surface area (Å²) in [7, 11) is 0. The van der Waals surface area contributed by atoms with Crippen molar-refractivity contribution in [2.45, 2.75) is 13.3 Å². The van der Waals surface area contributed by atoms with Crippen LogP contribution < -0.4 is 15.5 Å². The molecule has 33 heavy (non-hydrogen) atoms. The van der Waals surface area contributed by atoms with Crippen LogP contribution in [0.1, 0.15) is 11.3 Å². The molecule has 2 aliphatic rings. The molecule has 4 aromatic rings. The molecular weight excluding hydrogens is 416 g/mol. The Balaban J connectivity index is 1.35. The molecule has 1 amide bonds. The van der Waals surface area contributed by atoms with Crippen molar-refractivity contribution in [2.75, 3.05) is 41.8 Å². The van der Waals surface area contributed by atoms with E-state index < -0.39 is 0 Å². The Hall–Kier alpha value is -3.91. The molecule has 8 nitrogen and oxygen atoms in total. The second-order valence-corrected chi connectivity index (χ2v) is 8.38. The van der Waals surface area contributed by atoms with Crippen molar-refractivity contribution in [3.05, 3.63) is 66.1 Å². The molecule has 2 aromatic heterocycles. The second-order valence-electron chi connectivity index (χ2n) is 8.38. The lowest BCUT2D eigenvalue weighted by Crippen LogP contribution is -2.36. The third kappa shape index (κ3) is 3.58. The number of anilines is 4. The number of benzene rings is 2.